The van der Waals surface area contributed by atoms with Gasteiger partial charge in [-0.05, 0) is 51.3 Å². The first-order valence-corrected chi connectivity index (χ1v) is 9.71. The number of aromatic nitrogens is 1. The predicted octanol–water partition coefficient (Wildman–Crippen LogP) is 3.39. The van der Waals surface area contributed by atoms with E-state index in [9.17, 15) is 20.2 Å². The van der Waals surface area contributed by atoms with Gasteiger partial charge in [-0.3, -0.25) is 14.9 Å². The van der Waals surface area contributed by atoms with Gasteiger partial charge in [0.2, 0.25) is 0 Å². The van der Waals surface area contributed by atoms with Gasteiger partial charge >= 0.3 is 0 Å². The molecule has 1 atom stereocenters. The van der Waals surface area contributed by atoms with Crippen LogP contribution in [0.4, 0.5) is 11.5 Å². The second kappa shape index (κ2) is 8.97. The normalized spacial score (nSPS) is 15.6. The first kappa shape index (κ1) is 21.3. The minimum atomic E-state index is -0.470. The van der Waals surface area contributed by atoms with E-state index in [1.165, 1.54) is 18.2 Å². The zero-order chi connectivity index (χ0) is 21.8. The van der Waals surface area contributed by atoms with Crippen molar-refractivity contribution in [2.45, 2.75) is 46.3 Å². The van der Waals surface area contributed by atoms with Crippen LogP contribution in [0, 0.1) is 42.2 Å². The Labute approximate surface area is 174 Å². The quantitative estimate of drug-likeness (QED) is 0.550. The molecular formula is C21H24N4O5. The van der Waals surface area contributed by atoms with Gasteiger partial charge in [-0.25, -0.2) is 0 Å². The van der Waals surface area contributed by atoms with Gasteiger partial charge in [-0.15, -0.1) is 0 Å². The van der Waals surface area contributed by atoms with E-state index in [-0.39, 0.29) is 18.4 Å². The SMILES string of the molecule is Cc1cc(OCC(=O)Nc2c(C#N)c(C)c(C)n2CC2CCCO2)ccc1[N+](=O)[O-]. The minimum absolute atomic E-state index is 0.0108. The lowest BCUT2D eigenvalue weighted by Crippen LogP contribution is -2.24. The lowest BCUT2D eigenvalue weighted by atomic mass is 10.2. The molecule has 3 rings (SSSR count). The smallest absolute Gasteiger partial charge is 0.272 e. The number of nitrogens with one attached hydrogen (secondary N) is 1. The number of nitro benzene ring substituents is 1. The summed E-state index contributed by atoms with van der Waals surface area (Å²) in [5, 5.41) is 23.3. The first-order chi connectivity index (χ1) is 14.3. The summed E-state index contributed by atoms with van der Waals surface area (Å²) in [6.07, 6.45) is 1.99. The van der Waals surface area contributed by atoms with Crippen LogP contribution in [0.25, 0.3) is 0 Å². The Kier molecular flexibility index (Phi) is 6.37. The van der Waals surface area contributed by atoms with Gasteiger partial charge in [0, 0.05) is 23.9 Å². The van der Waals surface area contributed by atoms with E-state index in [2.05, 4.69) is 11.4 Å². The van der Waals surface area contributed by atoms with E-state index >= 15 is 0 Å². The number of carbonyl (C=O) groups is 1. The maximum absolute atomic E-state index is 12.5. The number of rotatable bonds is 7. The molecule has 1 unspecified atom stereocenters. The molecule has 30 heavy (non-hydrogen) atoms. The molecule has 1 aromatic heterocycles. The molecule has 0 aliphatic carbocycles. The van der Waals surface area contributed by atoms with Crippen LogP contribution in [0.5, 0.6) is 5.75 Å². The number of aryl methyl sites for hydroxylation is 1. The fraction of sp³-hybridized carbons (Fsp3) is 0.429. The molecule has 1 amide bonds. The van der Waals surface area contributed by atoms with Crippen LogP contribution < -0.4 is 10.1 Å². The third kappa shape index (κ3) is 4.44. The van der Waals surface area contributed by atoms with Crippen LogP contribution in [0.2, 0.25) is 0 Å². The lowest BCUT2D eigenvalue weighted by molar-refractivity contribution is -0.385. The number of benzene rings is 1. The van der Waals surface area contributed by atoms with E-state index < -0.39 is 10.8 Å². The summed E-state index contributed by atoms with van der Waals surface area (Å²) in [5.74, 6) is 0.376. The van der Waals surface area contributed by atoms with Gasteiger partial charge in [-0.2, -0.15) is 5.26 Å². The standard InChI is InChI=1S/C21H24N4O5/c1-13-9-16(6-7-19(13)25(27)28)30-12-20(26)23-21-18(10-22)14(2)15(3)24(21)11-17-5-4-8-29-17/h6-7,9,17H,4-5,8,11-12H2,1-3H3,(H,23,26). The highest BCUT2D eigenvalue weighted by molar-refractivity contribution is 5.93. The summed E-state index contributed by atoms with van der Waals surface area (Å²) in [5.41, 5.74) is 2.58. The molecule has 1 aliphatic rings. The summed E-state index contributed by atoms with van der Waals surface area (Å²) in [6.45, 7) is 6.37. The van der Waals surface area contributed by atoms with Crippen molar-refractivity contribution in [1.29, 1.82) is 5.26 Å². The Morgan fingerprint density at radius 2 is 2.20 bits per heavy atom. The van der Waals surface area contributed by atoms with Gasteiger partial charge in [0.1, 0.15) is 17.6 Å². The monoisotopic (exact) mass is 412 g/mol. The number of nitriles is 1. The number of ether oxygens (including phenoxy) is 2. The van der Waals surface area contributed by atoms with Crippen LogP contribution in [-0.2, 0) is 16.1 Å². The zero-order valence-corrected chi connectivity index (χ0v) is 17.2. The summed E-state index contributed by atoms with van der Waals surface area (Å²) in [6, 6.07) is 6.48. The third-order valence-corrected chi connectivity index (χ3v) is 5.34. The van der Waals surface area contributed by atoms with Gasteiger partial charge in [0.25, 0.3) is 11.6 Å². The van der Waals surface area contributed by atoms with Crippen LogP contribution in [0.1, 0.15) is 35.2 Å². The molecule has 158 valence electrons. The molecule has 1 saturated heterocycles. The highest BCUT2D eigenvalue weighted by atomic mass is 16.6. The molecule has 1 fully saturated rings. The summed E-state index contributed by atoms with van der Waals surface area (Å²) in [7, 11) is 0. The average molecular weight is 412 g/mol. The van der Waals surface area contributed by atoms with Crippen molar-refractivity contribution in [3.63, 3.8) is 0 Å². The number of amides is 1. The molecule has 0 saturated carbocycles. The molecular weight excluding hydrogens is 388 g/mol. The molecule has 1 aliphatic heterocycles. The molecule has 9 heteroatoms. The number of hydrogen-bond donors (Lipinski definition) is 1. The molecule has 1 aromatic carbocycles. The second-order valence-electron chi connectivity index (χ2n) is 7.33. The Balaban J connectivity index is 1.73. The Hall–Kier alpha value is -3.38. The van der Waals surface area contributed by atoms with Gasteiger partial charge in [-0.1, -0.05) is 0 Å². The van der Waals surface area contributed by atoms with Crippen molar-refractivity contribution < 1.29 is 19.2 Å². The number of nitro groups is 1. The largest absolute Gasteiger partial charge is 0.484 e. The van der Waals surface area contributed by atoms with Gasteiger partial charge in [0.05, 0.1) is 23.1 Å². The van der Waals surface area contributed by atoms with E-state index in [0.29, 0.717) is 29.2 Å². The van der Waals surface area contributed by atoms with Crippen molar-refractivity contribution in [3.05, 3.63) is 50.7 Å². The Bertz CT molecular complexity index is 1020. The average Bonchev–Trinajstić information content (AvgIpc) is 3.29. The molecule has 0 bridgehead atoms. The van der Waals surface area contributed by atoms with E-state index in [1.54, 1.807) is 6.92 Å². The molecule has 2 heterocycles. The molecule has 0 spiro atoms. The number of nitrogens with zero attached hydrogens (tertiary/aromatic N) is 3. The van der Waals surface area contributed by atoms with Crippen molar-refractivity contribution in [1.82, 2.24) is 4.57 Å². The highest BCUT2D eigenvalue weighted by Gasteiger charge is 2.24. The highest BCUT2D eigenvalue weighted by Crippen LogP contribution is 2.28. The van der Waals surface area contributed by atoms with Crippen LogP contribution in [0.15, 0.2) is 18.2 Å². The first-order valence-electron chi connectivity index (χ1n) is 9.71. The summed E-state index contributed by atoms with van der Waals surface area (Å²) in [4.78, 5) is 23.0. The minimum Gasteiger partial charge on any atom is -0.484 e. The zero-order valence-electron chi connectivity index (χ0n) is 17.2. The summed E-state index contributed by atoms with van der Waals surface area (Å²) >= 11 is 0. The van der Waals surface area contributed by atoms with Crippen LogP contribution >= 0.6 is 0 Å². The topological polar surface area (TPSA) is 119 Å². The van der Waals surface area contributed by atoms with E-state index in [0.717, 1.165) is 30.7 Å². The lowest BCUT2D eigenvalue weighted by Gasteiger charge is -2.17. The predicted molar refractivity (Wildman–Crippen MR) is 110 cm³/mol. The second-order valence-corrected chi connectivity index (χ2v) is 7.33. The van der Waals surface area contributed by atoms with Crippen molar-refractivity contribution in [3.8, 4) is 11.8 Å². The van der Waals surface area contributed by atoms with E-state index in [1.807, 2.05) is 18.4 Å². The Morgan fingerprint density at radius 3 is 2.80 bits per heavy atom. The van der Waals surface area contributed by atoms with Gasteiger partial charge in [0.15, 0.2) is 6.61 Å². The van der Waals surface area contributed by atoms with Crippen molar-refractivity contribution in [2.75, 3.05) is 18.5 Å². The van der Waals surface area contributed by atoms with Crippen LogP contribution in [-0.4, -0.2) is 34.7 Å². The molecule has 1 N–H and O–H groups in total. The molecule has 2 aromatic rings. The third-order valence-electron chi connectivity index (χ3n) is 5.34. The Morgan fingerprint density at radius 1 is 1.43 bits per heavy atom. The van der Waals surface area contributed by atoms with Crippen molar-refractivity contribution >= 4 is 17.4 Å². The molecule has 0 radical (unpaired) electrons. The number of hydrogen-bond acceptors (Lipinski definition) is 6. The maximum atomic E-state index is 12.5. The van der Waals surface area contributed by atoms with E-state index in [4.69, 9.17) is 9.47 Å². The number of carbonyl (C=O) groups excluding carboxylic acids is 1. The van der Waals surface area contributed by atoms with Crippen LogP contribution in [0.3, 0.4) is 0 Å². The number of anilines is 1. The van der Waals surface area contributed by atoms with Crippen molar-refractivity contribution in [2.24, 2.45) is 0 Å². The van der Waals surface area contributed by atoms with Gasteiger partial charge < -0.3 is 19.4 Å². The fourth-order valence-electron chi connectivity index (χ4n) is 3.59. The summed E-state index contributed by atoms with van der Waals surface area (Å²) < 4.78 is 13.1. The fourth-order valence-corrected chi connectivity index (χ4v) is 3.59. The molecule has 9 nitrogen and oxygen atoms in total. The maximum Gasteiger partial charge on any atom is 0.272 e.